The van der Waals surface area contributed by atoms with Crippen molar-refractivity contribution in [2.45, 2.75) is 16.4 Å². The van der Waals surface area contributed by atoms with Crippen LogP contribution in [0.5, 0.6) is 0 Å². The average Bonchev–Trinajstić information content (AvgIpc) is 2.65. The normalized spacial score (nSPS) is 10.2. The van der Waals surface area contributed by atoms with E-state index in [0.29, 0.717) is 10.7 Å². The van der Waals surface area contributed by atoms with Crippen LogP contribution in [0.1, 0.15) is 16.1 Å². The van der Waals surface area contributed by atoms with E-state index in [0.717, 1.165) is 16.3 Å². The van der Waals surface area contributed by atoms with Crippen LogP contribution >= 0.6 is 23.1 Å². The lowest BCUT2D eigenvalue weighted by Crippen LogP contribution is -1.88. The fourth-order valence-corrected chi connectivity index (χ4v) is 2.53. The van der Waals surface area contributed by atoms with E-state index in [4.69, 9.17) is 0 Å². The molecule has 15 heavy (non-hydrogen) atoms. The van der Waals surface area contributed by atoms with Crippen LogP contribution in [0.4, 0.5) is 0 Å². The molecule has 0 fully saturated rings. The van der Waals surface area contributed by atoms with E-state index in [1.807, 2.05) is 12.3 Å². The summed E-state index contributed by atoms with van der Waals surface area (Å²) >= 11 is 2.95. The number of nitrogens with zero attached hydrogens (tertiary/aromatic N) is 3. The summed E-state index contributed by atoms with van der Waals surface area (Å²) < 4.78 is 0.909. The lowest BCUT2D eigenvalue weighted by atomic mass is 10.4. The first-order valence-electron chi connectivity index (χ1n) is 4.15. The van der Waals surface area contributed by atoms with Gasteiger partial charge in [-0.15, -0.1) is 11.3 Å². The van der Waals surface area contributed by atoms with Crippen LogP contribution in [-0.2, 0) is 0 Å². The van der Waals surface area contributed by atoms with Crippen molar-refractivity contribution in [1.29, 1.82) is 0 Å². The molecular weight excluding hydrogens is 230 g/mol. The first-order valence-corrected chi connectivity index (χ1v) is 5.85. The van der Waals surface area contributed by atoms with Crippen molar-refractivity contribution in [1.82, 2.24) is 15.0 Å². The van der Waals surface area contributed by atoms with Gasteiger partial charge in [0.25, 0.3) is 0 Å². The third-order valence-corrected chi connectivity index (χ3v) is 3.51. The summed E-state index contributed by atoms with van der Waals surface area (Å²) in [5, 5.41) is 2.58. The predicted molar refractivity (Wildman–Crippen MR) is 58.4 cm³/mol. The number of hydrogen-bond acceptors (Lipinski definition) is 6. The number of carbonyl (C=O) groups excluding carboxylic acids is 1. The van der Waals surface area contributed by atoms with Crippen LogP contribution < -0.4 is 0 Å². The Morgan fingerprint density at radius 3 is 2.67 bits per heavy atom. The summed E-state index contributed by atoms with van der Waals surface area (Å²) in [6, 6.07) is 0. The van der Waals surface area contributed by atoms with Crippen molar-refractivity contribution < 1.29 is 4.79 Å². The Morgan fingerprint density at radius 1 is 1.40 bits per heavy atom. The number of hydrogen-bond donors (Lipinski definition) is 0. The highest BCUT2D eigenvalue weighted by molar-refractivity contribution is 8.00. The van der Waals surface area contributed by atoms with Crippen LogP contribution in [0.25, 0.3) is 0 Å². The zero-order chi connectivity index (χ0) is 10.7. The summed E-state index contributed by atoms with van der Waals surface area (Å²) in [5.41, 5.74) is 1.47. The van der Waals surface area contributed by atoms with Gasteiger partial charge in [-0.05, 0) is 18.7 Å². The second kappa shape index (κ2) is 4.50. The maximum absolute atomic E-state index is 10.4. The SMILES string of the molecule is Cc1csc(Sc2ncc(C=O)cn2)n1. The number of aryl methyl sites for hydroxylation is 1. The van der Waals surface area contributed by atoms with Crippen molar-refractivity contribution in [2.24, 2.45) is 0 Å². The molecule has 6 heteroatoms. The molecule has 0 N–H and O–H groups in total. The fourth-order valence-electron chi connectivity index (χ4n) is 0.897. The molecule has 0 aromatic carbocycles. The van der Waals surface area contributed by atoms with Gasteiger partial charge < -0.3 is 0 Å². The van der Waals surface area contributed by atoms with Crippen LogP contribution in [-0.4, -0.2) is 21.2 Å². The quantitative estimate of drug-likeness (QED) is 0.605. The maximum atomic E-state index is 10.4. The zero-order valence-electron chi connectivity index (χ0n) is 7.88. The smallest absolute Gasteiger partial charge is 0.194 e. The third kappa shape index (κ3) is 2.60. The van der Waals surface area contributed by atoms with Gasteiger partial charge in [0.15, 0.2) is 15.8 Å². The van der Waals surface area contributed by atoms with Gasteiger partial charge in [0.05, 0.1) is 5.56 Å². The molecule has 2 rings (SSSR count). The van der Waals surface area contributed by atoms with Crippen molar-refractivity contribution in [3.8, 4) is 0 Å². The molecule has 0 aliphatic carbocycles. The predicted octanol–water partition coefficient (Wildman–Crippen LogP) is 2.21. The molecule has 0 bridgehead atoms. The maximum Gasteiger partial charge on any atom is 0.194 e. The fraction of sp³-hybridized carbons (Fsp3) is 0.111. The van der Waals surface area contributed by atoms with E-state index < -0.39 is 0 Å². The van der Waals surface area contributed by atoms with E-state index in [1.54, 1.807) is 11.3 Å². The highest BCUT2D eigenvalue weighted by atomic mass is 32.2. The standard InChI is InChI=1S/C9H7N3OS2/c1-6-5-14-9(12-6)15-8-10-2-7(4-13)3-11-8/h2-5H,1H3. The summed E-state index contributed by atoms with van der Waals surface area (Å²) in [6.45, 7) is 1.94. The minimum Gasteiger partial charge on any atom is -0.298 e. The van der Waals surface area contributed by atoms with E-state index >= 15 is 0 Å². The Balaban J connectivity index is 2.14. The lowest BCUT2D eigenvalue weighted by Gasteiger charge is -1.94. The van der Waals surface area contributed by atoms with Crippen molar-refractivity contribution in [3.63, 3.8) is 0 Å². The number of thiazole rings is 1. The van der Waals surface area contributed by atoms with Gasteiger partial charge in [-0.1, -0.05) is 0 Å². The summed E-state index contributed by atoms with van der Waals surface area (Å²) in [5.74, 6) is 0. The lowest BCUT2D eigenvalue weighted by molar-refractivity contribution is 0.112. The Hall–Kier alpha value is -1.27. The van der Waals surface area contributed by atoms with E-state index in [2.05, 4.69) is 15.0 Å². The molecule has 0 unspecified atom stereocenters. The second-order valence-corrected chi connectivity index (χ2v) is 4.85. The molecule has 2 aromatic rings. The topological polar surface area (TPSA) is 55.7 Å². The molecule has 0 aliphatic heterocycles. The van der Waals surface area contributed by atoms with Crippen molar-refractivity contribution in [3.05, 3.63) is 29.0 Å². The molecule has 2 heterocycles. The Labute approximate surface area is 94.8 Å². The Morgan fingerprint density at radius 2 is 2.13 bits per heavy atom. The molecular formula is C9H7N3OS2. The first-order chi connectivity index (χ1) is 7.28. The number of carbonyl (C=O) groups is 1. The molecule has 0 saturated heterocycles. The molecule has 2 aromatic heterocycles. The Bertz CT molecular complexity index is 466. The van der Waals surface area contributed by atoms with E-state index in [9.17, 15) is 4.79 Å². The average molecular weight is 237 g/mol. The van der Waals surface area contributed by atoms with Gasteiger partial charge in [-0.2, -0.15) is 0 Å². The second-order valence-electron chi connectivity index (χ2n) is 2.77. The van der Waals surface area contributed by atoms with Gasteiger partial charge in [-0.25, -0.2) is 15.0 Å². The van der Waals surface area contributed by atoms with Crippen LogP contribution in [0, 0.1) is 6.92 Å². The van der Waals surface area contributed by atoms with Crippen LogP contribution in [0.3, 0.4) is 0 Å². The van der Waals surface area contributed by atoms with Crippen molar-refractivity contribution >= 4 is 29.4 Å². The highest BCUT2D eigenvalue weighted by Crippen LogP contribution is 2.27. The molecule has 4 nitrogen and oxygen atoms in total. The molecule has 0 amide bonds. The van der Waals surface area contributed by atoms with Gasteiger partial charge in [-0.3, -0.25) is 4.79 Å². The highest BCUT2D eigenvalue weighted by Gasteiger charge is 2.04. The summed E-state index contributed by atoms with van der Waals surface area (Å²) in [7, 11) is 0. The zero-order valence-corrected chi connectivity index (χ0v) is 9.51. The number of aldehydes is 1. The molecule has 0 spiro atoms. The Kier molecular flexibility index (Phi) is 3.08. The van der Waals surface area contributed by atoms with E-state index in [-0.39, 0.29) is 0 Å². The van der Waals surface area contributed by atoms with Crippen LogP contribution in [0.2, 0.25) is 0 Å². The van der Waals surface area contributed by atoms with Crippen molar-refractivity contribution in [2.75, 3.05) is 0 Å². The minimum atomic E-state index is 0.481. The van der Waals surface area contributed by atoms with E-state index in [1.165, 1.54) is 24.2 Å². The minimum absolute atomic E-state index is 0.481. The van der Waals surface area contributed by atoms with Crippen LogP contribution in [0.15, 0.2) is 27.3 Å². The monoisotopic (exact) mass is 237 g/mol. The molecule has 0 aliphatic rings. The molecule has 0 radical (unpaired) electrons. The summed E-state index contributed by atoms with van der Waals surface area (Å²) in [6.07, 6.45) is 3.73. The van der Waals surface area contributed by atoms with Gasteiger partial charge >= 0.3 is 0 Å². The molecule has 0 atom stereocenters. The van der Waals surface area contributed by atoms with Gasteiger partial charge in [0.2, 0.25) is 0 Å². The largest absolute Gasteiger partial charge is 0.298 e. The molecule has 76 valence electrons. The number of aromatic nitrogens is 3. The van der Waals surface area contributed by atoms with Gasteiger partial charge in [0.1, 0.15) is 0 Å². The van der Waals surface area contributed by atoms with Gasteiger partial charge in [0, 0.05) is 23.5 Å². The third-order valence-electron chi connectivity index (χ3n) is 1.56. The first kappa shape index (κ1) is 10.3. The summed E-state index contributed by atoms with van der Waals surface area (Å²) in [4.78, 5) is 22.7. The number of rotatable bonds is 3. The molecule has 0 saturated carbocycles.